The van der Waals surface area contributed by atoms with Crippen LogP contribution in [0.2, 0.25) is 0 Å². The van der Waals surface area contributed by atoms with Crippen molar-refractivity contribution in [3.8, 4) is 12.3 Å². The summed E-state index contributed by atoms with van der Waals surface area (Å²) in [5.74, 6) is 2.71. The summed E-state index contributed by atoms with van der Waals surface area (Å²) in [4.78, 5) is 12.1. The molecule has 2 aromatic heterocycles. The van der Waals surface area contributed by atoms with Gasteiger partial charge < -0.3 is 20.1 Å². The van der Waals surface area contributed by atoms with Crippen molar-refractivity contribution in [1.29, 1.82) is 0 Å². The van der Waals surface area contributed by atoms with E-state index in [9.17, 15) is 5.11 Å². The molecule has 3 N–H and O–H groups in total. The summed E-state index contributed by atoms with van der Waals surface area (Å²) in [5.41, 5.74) is 6.77. The van der Waals surface area contributed by atoms with Gasteiger partial charge in [0.25, 0.3) is 0 Å². The van der Waals surface area contributed by atoms with Crippen LogP contribution in [0.5, 0.6) is 0 Å². The van der Waals surface area contributed by atoms with Crippen LogP contribution in [0.1, 0.15) is 6.04 Å². The molecule has 0 aromatic carbocycles. The van der Waals surface area contributed by atoms with Crippen LogP contribution in [0.25, 0.3) is 11.2 Å². The van der Waals surface area contributed by atoms with Crippen LogP contribution >= 0.6 is 0 Å². The normalized spacial score (nSPS) is 27.4. The van der Waals surface area contributed by atoms with Gasteiger partial charge in [0.15, 0.2) is 11.5 Å². The number of aromatic nitrogens is 4. The van der Waals surface area contributed by atoms with Gasteiger partial charge in [-0.1, -0.05) is 5.92 Å². The number of imidazole rings is 1. The van der Waals surface area contributed by atoms with Crippen molar-refractivity contribution in [2.45, 2.75) is 18.2 Å². The van der Waals surface area contributed by atoms with Crippen molar-refractivity contribution in [2.75, 3.05) is 12.3 Å². The predicted octanol–water partition coefficient (Wildman–Crippen LogP) is -0.658. The summed E-state index contributed by atoms with van der Waals surface area (Å²) in [6.07, 6.45) is 6.80. The average Bonchev–Trinajstić information content (AvgIpc) is 2.93. The highest BCUT2D eigenvalue weighted by atomic mass is 16.5. The van der Waals surface area contributed by atoms with Gasteiger partial charge in [-0.3, -0.25) is 0 Å². The number of fused-ring (bicyclic) bond motifs is 1. The van der Waals surface area contributed by atoms with Crippen molar-refractivity contribution in [2.24, 2.45) is 0 Å². The smallest absolute Gasteiger partial charge is 0.165 e. The molecule has 1 aliphatic rings. The van der Waals surface area contributed by atoms with Gasteiger partial charge in [0, 0.05) is 0 Å². The molecule has 7 nitrogen and oxygen atoms in total. The fourth-order valence-corrected chi connectivity index (χ4v) is 2.11. The van der Waals surface area contributed by atoms with Crippen molar-refractivity contribution >= 4 is 17.0 Å². The van der Waals surface area contributed by atoms with E-state index in [1.54, 1.807) is 10.9 Å². The van der Waals surface area contributed by atoms with Crippen LogP contribution in [0.4, 0.5) is 5.82 Å². The van der Waals surface area contributed by atoms with Crippen LogP contribution < -0.4 is 5.73 Å². The van der Waals surface area contributed by atoms with Crippen LogP contribution in [0.3, 0.4) is 0 Å². The lowest BCUT2D eigenvalue weighted by atomic mass is 10.1. The molecule has 18 heavy (non-hydrogen) atoms. The van der Waals surface area contributed by atoms with Gasteiger partial charge in [-0.2, -0.15) is 0 Å². The number of aliphatic hydroxyl groups excluding tert-OH is 1. The number of ether oxygens (including phenoxy) is 1. The maximum absolute atomic E-state index is 10.1. The molecular weight excluding hydrogens is 234 g/mol. The number of nitrogen functional groups attached to an aromatic ring is 1. The second-order valence-corrected chi connectivity index (χ2v) is 4.06. The Morgan fingerprint density at radius 3 is 3.06 bits per heavy atom. The van der Waals surface area contributed by atoms with Crippen LogP contribution in [0, 0.1) is 12.3 Å². The molecule has 3 heterocycles. The van der Waals surface area contributed by atoms with Gasteiger partial charge in [-0.25, -0.2) is 15.0 Å². The third-order valence-electron chi connectivity index (χ3n) is 3.06. The molecule has 92 valence electrons. The Labute approximate surface area is 103 Å². The molecule has 0 aliphatic carbocycles. The summed E-state index contributed by atoms with van der Waals surface area (Å²) in [6, 6.07) is -0.314. The fraction of sp³-hybridized carbons (Fsp3) is 0.364. The van der Waals surface area contributed by atoms with E-state index in [1.807, 2.05) is 0 Å². The zero-order valence-corrected chi connectivity index (χ0v) is 9.39. The topological polar surface area (TPSA) is 99.1 Å². The quantitative estimate of drug-likeness (QED) is 0.647. The Hall–Kier alpha value is -2.17. The van der Waals surface area contributed by atoms with Crippen LogP contribution in [-0.4, -0.2) is 43.4 Å². The van der Waals surface area contributed by atoms with Crippen LogP contribution in [-0.2, 0) is 4.74 Å². The highest BCUT2D eigenvalue weighted by Crippen LogP contribution is 2.28. The van der Waals surface area contributed by atoms with Crippen molar-refractivity contribution < 1.29 is 9.84 Å². The summed E-state index contributed by atoms with van der Waals surface area (Å²) < 4.78 is 7.04. The Morgan fingerprint density at radius 2 is 2.33 bits per heavy atom. The number of hydrogen-bond donors (Lipinski definition) is 2. The molecule has 0 radical (unpaired) electrons. The number of hydrogen-bond acceptors (Lipinski definition) is 6. The summed E-state index contributed by atoms with van der Waals surface area (Å²) >= 11 is 0. The lowest BCUT2D eigenvalue weighted by Crippen LogP contribution is -2.27. The van der Waals surface area contributed by atoms with Gasteiger partial charge >= 0.3 is 0 Å². The minimum Gasteiger partial charge on any atom is -0.387 e. The zero-order valence-electron chi connectivity index (χ0n) is 9.39. The summed E-state index contributed by atoms with van der Waals surface area (Å²) in [7, 11) is 0. The van der Waals surface area contributed by atoms with E-state index in [0.29, 0.717) is 23.6 Å². The summed E-state index contributed by atoms with van der Waals surface area (Å²) in [5, 5.41) is 10.1. The number of rotatable bonds is 1. The highest BCUT2D eigenvalue weighted by Gasteiger charge is 2.36. The second-order valence-electron chi connectivity index (χ2n) is 4.06. The van der Waals surface area contributed by atoms with E-state index in [2.05, 4.69) is 20.9 Å². The number of nitrogens with two attached hydrogens (primary N) is 1. The van der Waals surface area contributed by atoms with Crippen molar-refractivity contribution in [3.63, 3.8) is 0 Å². The first-order valence-corrected chi connectivity index (χ1v) is 5.41. The predicted molar refractivity (Wildman–Crippen MR) is 63.4 cm³/mol. The maximum atomic E-state index is 10.1. The van der Waals surface area contributed by atoms with Gasteiger partial charge in [-0.05, 0) is 0 Å². The number of nitrogens with zero attached hydrogens (tertiary/aromatic N) is 4. The lowest BCUT2D eigenvalue weighted by Gasteiger charge is -2.15. The average molecular weight is 245 g/mol. The van der Waals surface area contributed by atoms with E-state index in [-0.39, 0.29) is 6.04 Å². The second kappa shape index (κ2) is 3.94. The molecular formula is C11H11N5O2. The molecule has 0 amide bonds. The van der Waals surface area contributed by atoms with Gasteiger partial charge in [0.05, 0.1) is 19.0 Å². The molecule has 0 bridgehead atoms. The minimum absolute atomic E-state index is 0.306. The fourth-order valence-electron chi connectivity index (χ4n) is 2.11. The van der Waals surface area contributed by atoms with E-state index >= 15 is 0 Å². The number of anilines is 1. The maximum Gasteiger partial charge on any atom is 0.165 e. The third kappa shape index (κ3) is 1.44. The molecule has 2 aromatic rings. The molecule has 1 aliphatic heterocycles. The third-order valence-corrected chi connectivity index (χ3v) is 3.06. The molecule has 3 rings (SSSR count). The molecule has 0 spiro atoms. The Kier molecular flexibility index (Phi) is 2.40. The minimum atomic E-state index is -0.788. The van der Waals surface area contributed by atoms with Gasteiger partial charge in [-0.15, -0.1) is 6.42 Å². The Morgan fingerprint density at radius 1 is 1.50 bits per heavy atom. The standard InChI is InChI=1S/C11H11N5O2/c1-2-7-9(17)6(3-18-7)16-5-15-8-10(12)13-4-14-11(8)16/h1,4-7,9,17H,3H2,(H2,12,13,14)/t6-,7-,9+/m0/s1. The molecule has 0 unspecified atom stereocenters. The first kappa shape index (κ1) is 11.0. The largest absolute Gasteiger partial charge is 0.387 e. The van der Waals surface area contributed by atoms with E-state index in [0.717, 1.165) is 0 Å². The van der Waals surface area contributed by atoms with Crippen molar-refractivity contribution in [3.05, 3.63) is 12.7 Å². The lowest BCUT2D eigenvalue weighted by molar-refractivity contribution is 0.0771. The zero-order chi connectivity index (χ0) is 12.7. The number of terminal acetylenes is 1. The Balaban J connectivity index is 2.06. The first-order valence-electron chi connectivity index (χ1n) is 5.41. The van der Waals surface area contributed by atoms with Crippen molar-refractivity contribution in [1.82, 2.24) is 19.5 Å². The van der Waals surface area contributed by atoms with E-state index in [4.69, 9.17) is 16.9 Å². The number of aliphatic hydroxyl groups is 1. The molecule has 1 fully saturated rings. The van der Waals surface area contributed by atoms with E-state index in [1.165, 1.54) is 6.33 Å². The molecule has 7 heteroatoms. The molecule has 0 saturated carbocycles. The SMILES string of the molecule is C#C[C@@H]1OC[C@H](n2cnc3c(N)ncnc32)[C@H]1O. The summed E-state index contributed by atoms with van der Waals surface area (Å²) in [6.45, 7) is 0.311. The first-order chi connectivity index (χ1) is 8.72. The molecule has 1 saturated heterocycles. The van der Waals surface area contributed by atoms with Gasteiger partial charge in [0.2, 0.25) is 0 Å². The Bertz CT molecular complexity index is 632. The monoisotopic (exact) mass is 245 g/mol. The van der Waals surface area contributed by atoms with E-state index < -0.39 is 12.2 Å². The van der Waals surface area contributed by atoms with Gasteiger partial charge in [0.1, 0.15) is 24.1 Å². The van der Waals surface area contributed by atoms with Crippen LogP contribution in [0.15, 0.2) is 12.7 Å². The molecule has 3 atom stereocenters. The highest BCUT2D eigenvalue weighted by molar-refractivity contribution is 5.81.